The zero-order valence-electron chi connectivity index (χ0n) is 18.8. The van der Waals surface area contributed by atoms with E-state index in [9.17, 15) is 22.8 Å². The van der Waals surface area contributed by atoms with Gasteiger partial charge in [0.2, 0.25) is 15.9 Å². The van der Waals surface area contributed by atoms with Gasteiger partial charge < -0.3 is 24.8 Å². The van der Waals surface area contributed by atoms with Crippen LogP contribution in [-0.2, 0) is 24.3 Å². The molecule has 0 aliphatic rings. The van der Waals surface area contributed by atoms with E-state index in [4.69, 9.17) is 4.74 Å². The number of rotatable bonds is 9. The second-order valence-electron chi connectivity index (χ2n) is 6.84. The van der Waals surface area contributed by atoms with Gasteiger partial charge in [0, 0.05) is 25.5 Å². The van der Waals surface area contributed by atoms with Crippen molar-refractivity contribution in [2.24, 2.45) is 0 Å². The number of hydrogen-bond acceptors (Lipinski definition) is 9. The van der Waals surface area contributed by atoms with E-state index in [0.717, 1.165) is 4.31 Å². The fourth-order valence-corrected chi connectivity index (χ4v) is 3.82. The molecule has 0 radical (unpaired) electrons. The molecule has 0 saturated heterocycles. The third-order valence-corrected chi connectivity index (χ3v) is 6.27. The molecule has 0 bridgehead atoms. The highest BCUT2D eigenvalue weighted by molar-refractivity contribution is 7.89. The maximum atomic E-state index is 12.5. The highest BCUT2D eigenvalue weighted by Gasteiger charge is 2.23. The molecule has 2 rings (SSSR count). The summed E-state index contributed by atoms with van der Waals surface area (Å²) in [5.74, 6) is -1.70. The Kier molecular flexibility index (Phi) is 8.38. The Labute approximate surface area is 191 Å². The normalized spacial score (nSPS) is 11.0. The van der Waals surface area contributed by atoms with Gasteiger partial charge >= 0.3 is 11.9 Å². The number of nitrogens with zero attached hydrogens (tertiary/aromatic N) is 1. The lowest BCUT2D eigenvalue weighted by atomic mass is 10.1. The molecule has 11 nitrogen and oxygen atoms in total. The van der Waals surface area contributed by atoms with Crippen LogP contribution in [0.4, 0.5) is 11.4 Å². The first-order valence-corrected chi connectivity index (χ1v) is 10.9. The van der Waals surface area contributed by atoms with E-state index in [-0.39, 0.29) is 34.0 Å². The predicted molar refractivity (Wildman–Crippen MR) is 120 cm³/mol. The Bertz CT molecular complexity index is 1130. The van der Waals surface area contributed by atoms with Gasteiger partial charge in [0.05, 0.1) is 39.0 Å². The topological polar surface area (TPSA) is 140 Å². The second-order valence-corrected chi connectivity index (χ2v) is 8.96. The molecule has 0 aromatic heterocycles. The van der Waals surface area contributed by atoms with Crippen LogP contribution in [0.15, 0.2) is 41.3 Å². The lowest BCUT2D eigenvalue weighted by Crippen LogP contribution is -2.24. The number of carbonyl (C=O) groups excluding carboxylic acids is 3. The zero-order valence-corrected chi connectivity index (χ0v) is 19.6. The Morgan fingerprint density at radius 2 is 1.45 bits per heavy atom. The van der Waals surface area contributed by atoms with Crippen LogP contribution in [0.25, 0.3) is 0 Å². The van der Waals surface area contributed by atoms with Crippen molar-refractivity contribution in [1.29, 1.82) is 0 Å². The van der Waals surface area contributed by atoms with Gasteiger partial charge in [-0.15, -0.1) is 0 Å². The first kappa shape index (κ1) is 25.6. The summed E-state index contributed by atoms with van der Waals surface area (Å²) >= 11 is 0. The number of ether oxygens (including phenoxy) is 3. The molecular weight excluding hydrogens is 454 g/mol. The summed E-state index contributed by atoms with van der Waals surface area (Å²) in [6.07, 6.45) is 0. The SMILES string of the molecule is COC(=O)c1cc(NCC(=O)Nc2ccc(OC)c(S(=O)(=O)N(C)C)c2)cc(C(=O)OC)c1. The summed E-state index contributed by atoms with van der Waals surface area (Å²) in [5, 5.41) is 5.40. The van der Waals surface area contributed by atoms with E-state index in [1.165, 1.54) is 71.8 Å². The number of methoxy groups -OCH3 is 3. The lowest BCUT2D eigenvalue weighted by Gasteiger charge is -2.16. The van der Waals surface area contributed by atoms with Crippen LogP contribution >= 0.6 is 0 Å². The third kappa shape index (κ3) is 6.20. The largest absolute Gasteiger partial charge is 0.495 e. The molecule has 0 saturated carbocycles. The van der Waals surface area contributed by atoms with Gasteiger partial charge in [0.15, 0.2) is 0 Å². The average molecular weight is 480 g/mol. The molecule has 0 unspecified atom stereocenters. The molecule has 0 aliphatic heterocycles. The molecule has 0 aliphatic carbocycles. The number of amides is 1. The molecule has 2 aromatic rings. The summed E-state index contributed by atoms with van der Waals surface area (Å²) in [4.78, 5) is 36.1. The van der Waals surface area contributed by atoms with Gasteiger partial charge in [-0.2, -0.15) is 0 Å². The van der Waals surface area contributed by atoms with Crippen molar-refractivity contribution in [3.63, 3.8) is 0 Å². The Hall–Kier alpha value is -3.64. The van der Waals surface area contributed by atoms with Crippen LogP contribution in [0.2, 0.25) is 0 Å². The van der Waals surface area contributed by atoms with Gasteiger partial charge in [-0.3, -0.25) is 4.79 Å². The molecule has 0 atom stereocenters. The first-order valence-electron chi connectivity index (χ1n) is 9.49. The van der Waals surface area contributed by atoms with E-state index < -0.39 is 27.9 Å². The Morgan fingerprint density at radius 3 is 1.94 bits per heavy atom. The quantitative estimate of drug-likeness (QED) is 0.513. The van der Waals surface area contributed by atoms with Crippen molar-refractivity contribution < 1.29 is 37.0 Å². The highest BCUT2D eigenvalue weighted by atomic mass is 32.2. The van der Waals surface area contributed by atoms with Gasteiger partial charge in [-0.05, 0) is 36.4 Å². The minimum atomic E-state index is -3.81. The van der Waals surface area contributed by atoms with Crippen LogP contribution < -0.4 is 15.4 Å². The molecule has 2 N–H and O–H groups in total. The van der Waals surface area contributed by atoms with Crippen LogP contribution in [0.1, 0.15) is 20.7 Å². The molecule has 0 spiro atoms. The van der Waals surface area contributed by atoms with Crippen LogP contribution in [-0.4, -0.2) is 72.5 Å². The summed E-state index contributed by atoms with van der Waals surface area (Å²) < 4.78 is 40.6. The number of benzene rings is 2. The molecule has 0 heterocycles. The molecule has 1 amide bonds. The predicted octanol–water partition coefficient (Wildman–Crippen LogP) is 1.57. The highest BCUT2D eigenvalue weighted by Crippen LogP contribution is 2.28. The molecule has 178 valence electrons. The Balaban J connectivity index is 2.21. The number of nitrogens with one attached hydrogen (secondary N) is 2. The summed E-state index contributed by atoms with van der Waals surface area (Å²) in [7, 11) is 2.71. The fourth-order valence-electron chi connectivity index (χ4n) is 2.74. The van der Waals surface area contributed by atoms with E-state index >= 15 is 0 Å². The van der Waals surface area contributed by atoms with E-state index in [1.807, 2.05) is 0 Å². The minimum Gasteiger partial charge on any atom is -0.495 e. The number of sulfonamides is 1. The molecule has 12 heteroatoms. The second kappa shape index (κ2) is 10.8. The average Bonchev–Trinajstić information content (AvgIpc) is 2.81. The maximum absolute atomic E-state index is 12.5. The Morgan fingerprint density at radius 1 is 0.879 bits per heavy atom. The smallest absolute Gasteiger partial charge is 0.337 e. The molecular formula is C21H25N3O8S. The van der Waals surface area contributed by atoms with E-state index in [0.29, 0.717) is 5.69 Å². The number of anilines is 2. The molecule has 33 heavy (non-hydrogen) atoms. The zero-order chi connectivity index (χ0) is 24.8. The van der Waals surface area contributed by atoms with Gasteiger partial charge in [-0.25, -0.2) is 22.3 Å². The van der Waals surface area contributed by atoms with E-state index in [1.54, 1.807) is 0 Å². The molecule has 0 fully saturated rings. The molecule has 2 aromatic carbocycles. The maximum Gasteiger partial charge on any atom is 0.337 e. The van der Waals surface area contributed by atoms with Crippen LogP contribution in [0, 0.1) is 0 Å². The van der Waals surface area contributed by atoms with Crippen molar-refractivity contribution in [3.05, 3.63) is 47.5 Å². The summed E-state index contributed by atoms with van der Waals surface area (Å²) in [6, 6.07) is 8.37. The number of carbonyl (C=O) groups is 3. The summed E-state index contributed by atoms with van der Waals surface area (Å²) in [5.41, 5.74) is 0.731. The third-order valence-electron chi connectivity index (χ3n) is 4.43. The van der Waals surface area contributed by atoms with Crippen molar-refractivity contribution in [1.82, 2.24) is 4.31 Å². The van der Waals surface area contributed by atoms with Crippen molar-refractivity contribution >= 4 is 39.2 Å². The number of esters is 2. The monoisotopic (exact) mass is 479 g/mol. The number of hydrogen-bond donors (Lipinski definition) is 2. The fraction of sp³-hybridized carbons (Fsp3) is 0.286. The van der Waals surface area contributed by atoms with Crippen molar-refractivity contribution in [2.45, 2.75) is 4.90 Å². The minimum absolute atomic E-state index is 0.0944. The first-order chi connectivity index (χ1) is 15.5. The lowest BCUT2D eigenvalue weighted by molar-refractivity contribution is -0.114. The van der Waals surface area contributed by atoms with Gasteiger partial charge in [0.25, 0.3) is 0 Å². The summed E-state index contributed by atoms with van der Waals surface area (Å²) in [6.45, 7) is -0.243. The van der Waals surface area contributed by atoms with Gasteiger partial charge in [-0.1, -0.05) is 0 Å². The van der Waals surface area contributed by atoms with Crippen molar-refractivity contribution in [3.8, 4) is 5.75 Å². The standard InChI is InChI=1S/C21H25N3O8S/c1-24(2)33(28,29)18-11-15(6-7-17(18)30-3)23-19(25)12-22-16-9-13(20(26)31-4)8-14(10-16)21(27)32-5/h6-11,22H,12H2,1-5H3,(H,23,25). The van der Waals surface area contributed by atoms with Crippen LogP contribution in [0.3, 0.4) is 0 Å². The van der Waals surface area contributed by atoms with Crippen molar-refractivity contribution in [2.75, 3.05) is 52.6 Å². The van der Waals surface area contributed by atoms with Crippen LogP contribution in [0.5, 0.6) is 5.75 Å². The van der Waals surface area contributed by atoms with E-state index in [2.05, 4.69) is 20.1 Å². The van der Waals surface area contributed by atoms with Gasteiger partial charge in [0.1, 0.15) is 10.6 Å².